The van der Waals surface area contributed by atoms with Crippen LogP contribution in [0, 0.1) is 11.3 Å². The van der Waals surface area contributed by atoms with Gasteiger partial charge in [0, 0.05) is 25.4 Å². The summed E-state index contributed by atoms with van der Waals surface area (Å²) in [5.41, 5.74) is 1.70. The van der Waals surface area contributed by atoms with Crippen molar-refractivity contribution in [2.45, 2.75) is 39.0 Å². The molecule has 1 aromatic heterocycles. The van der Waals surface area contributed by atoms with E-state index in [0.29, 0.717) is 18.8 Å². The van der Waals surface area contributed by atoms with E-state index in [2.05, 4.69) is 26.7 Å². The van der Waals surface area contributed by atoms with Crippen molar-refractivity contribution in [3.05, 3.63) is 36.5 Å². The summed E-state index contributed by atoms with van der Waals surface area (Å²) in [6.45, 7) is 6.14. The summed E-state index contributed by atoms with van der Waals surface area (Å²) in [5.74, 6) is 0.441. The molecule has 1 fully saturated rings. The van der Waals surface area contributed by atoms with Crippen LogP contribution in [0.5, 0.6) is 0 Å². The highest BCUT2D eigenvalue weighted by Crippen LogP contribution is 2.28. The van der Waals surface area contributed by atoms with Crippen LogP contribution < -0.4 is 15.5 Å². The van der Waals surface area contributed by atoms with Crippen molar-refractivity contribution in [3.63, 3.8) is 0 Å². The molecule has 2 N–H and O–H groups in total. The van der Waals surface area contributed by atoms with Crippen molar-refractivity contribution in [3.8, 4) is 6.07 Å². The molecule has 0 spiro atoms. The Morgan fingerprint density at radius 3 is 2.74 bits per heavy atom. The van der Waals surface area contributed by atoms with Crippen molar-refractivity contribution in [2.24, 2.45) is 0 Å². The number of ether oxygens (including phenoxy) is 1. The molecule has 0 radical (unpaired) electrons. The maximum absolute atomic E-state index is 12.4. The van der Waals surface area contributed by atoms with Gasteiger partial charge in [0.15, 0.2) is 5.82 Å². The summed E-state index contributed by atoms with van der Waals surface area (Å²) in [5, 5.41) is 18.5. The average molecular weight is 368 g/mol. The summed E-state index contributed by atoms with van der Waals surface area (Å²) in [7, 11) is 0. The Balaban J connectivity index is 1.66. The zero-order valence-electron chi connectivity index (χ0n) is 15.6. The molecule has 0 unspecified atom stereocenters. The Morgan fingerprint density at radius 2 is 2.00 bits per heavy atom. The van der Waals surface area contributed by atoms with Crippen LogP contribution in [-0.4, -0.2) is 41.1 Å². The summed E-state index contributed by atoms with van der Waals surface area (Å²) >= 11 is 0. The number of amides is 2. The number of urea groups is 1. The number of carbonyl (C=O) groups is 1. The molecule has 1 saturated heterocycles. The summed E-state index contributed by atoms with van der Waals surface area (Å²) < 4.78 is 7.42. The van der Waals surface area contributed by atoms with Gasteiger partial charge in [-0.1, -0.05) is 12.1 Å². The maximum atomic E-state index is 12.4. The minimum Gasteiger partial charge on any atom is -0.372 e. The van der Waals surface area contributed by atoms with Gasteiger partial charge in [0.05, 0.1) is 42.6 Å². The van der Waals surface area contributed by atoms with Crippen molar-refractivity contribution in [2.75, 3.05) is 28.6 Å². The monoisotopic (exact) mass is 368 g/mol. The molecule has 8 nitrogen and oxygen atoms in total. The predicted molar refractivity (Wildman–Crippen MR) is 104 cm³/mol. The molecule has 3 rings (SSSR count). The normalized spacial score (nSPS) is 19.4. The van der Waals surface area contributed by atoms with Crippen LogP contribution in [0.25, 0.3) is 0 Å². The lowest BCUT2D eigenvalue weighted by Gasteiger charge is -2.37. The number of nitrogens with one attached hydrogen (secondary N) is 2. The van der Waals surface area contributed by atoms with E-state index in [1.165, 1.54) is 0 Å². The standard InChI is InChI=1S/C19H24N6O2/c1-14-12-24(13-15(2)27-14)17-7-4-3-6-16(17)21-19(26)22-18-8-11-25(23-18)10-5-9-20/h3-4,6-8,11,14-15H,5,10,12-13H2,1-2H3,(H2,21,22,23,26)/t14-,15-/m1/s1. The zero-order valence-corrected chi connectivity index (χ0v) is 15.6. The molecule has 1 aliphatic rings. The van der Waals surface area contributed by atoms with Gasteiger partial charge in [-0.15, -0.1) is 0 Å². The van der Waals surface area contributed by atoms with Gasteiger partial charge in [0.2, 0.25) is 0 Å². The minimum atomic E-state index is -0.359. The number of hydrogen-bond acceptors (Lipinski definition) is 5. The van der Waals surface area contributed by atoms with Crippen molar-refractivity contribution < 1.29 is 9.53 Å². The molecule has 8 heteroatoms. The van der Waals surface area contributed by atoms with Gasteiger partial charge < -0.3 is 15.0 Å². The van der Waals surface area contributed by atoms with Crippen LogP contribution in [-0.2, 0) is 11.3 Å². The van der Waals surface area contributed by atoms with E-state index in [9.17, 15) is 4.79 Å². The van der Waals surface area contributed by atoms with Crippen LogP contribution in [0.2, 0.25) is 0 Å². The Bertz CT molecular complexity index is 818. The van der Waals surface area contributed by atoms with Crippen molar-refractivity contribution in [1.82, 2.24) is 9.78 Å². The lowest BCUT2D eigenvalue weighted by Crippen LogP contribution is -2.45. The number of morpholine rings is 1. The molecule has 142 valence electrons. The fourth-order valence-corrected chi connectivity index (χ4v) is 3.22. The van der Waals surface area contributed by atoms with Gasteiger partial charge in [-0.05, 0) is 26.0 Å². The lowest BCUT2D eigenvalue weighted by atomic mass is 10.1. The SMILES string of the molecule is C[C@@H]1CN(c2ccccc2NC(=O)Nc2ccn(CCC#N)n2)C[C@@H](C)O1. The number of anilines is 3. The number of nitrogens with zero attached hydrogens (tertiary/aromatic N) is 4. The van der Waals surface area contributed by atoms with E-state index in [1.807, 2.05) is 38.1 Å². The number of aryl methyl sites for hydroxylation is 1. The fourth-order valence-electron chi connectivity index (χ4n) is 3.22. The molecule has 1 aromatic carbocycles. The summed E-state index contributed by atoms with van der Waals surface area (Å²) in [4.78, 5) is 14.6. The number of rotatable bonds is 5. The van der Waals surface area contributed by atoms with E-state index in [0.717, 1.165) is 24.5 Å². The smallest absolute Gasteiger partial charge is 0.324 e. The largest absolute Gasteiger partial charge is 0.372 e. The molecule has 2 amide bonds. The molecule has 0 bridgehead atoms. The van der Waals surface area contributed by atoms with Crippen LogP contribution in [0.15, 0.2) is 36.5 Å². The Kier molecular flexibility index (Phi) is 5.94. The molecule has 2 atom stereocenters. The molecule has 0 saturated carbocycles. The first-order valence-corrected chi connectivity index (χ1v) is 9.03. The van der Waals surface area contributed by atoms with Crippen LogP contribution in [0.1, 0.15) is 20.3 Å². The van der Waals surface area contributed by atoms with E-state index in [-0.39, 0.29) is 18.2 Å². The van der Waals surface area contributed by atoms with Gasteiger partial charge in [-0.3, -0.25) is 10.00 Å². The Labute approximate surface area is 158 Å². The summed E-state index contributed by atoms with van der Waals surface area (Å²) in [6, 6.07) is 11.1. The highest BCUT2D eigenvalue weighted by atomic mass is 16.5. The van der Waals surface area contributed by atoms with E-state index in [4.69, 9.17) is 10.00 Å². The van der Waals surface area contributed by atoms with Crippen molar-refractivity contribution >= 4 is 23.2 Å². The number of hydrogen-bond donors (Lipinski definition) is 2. The van der Waals surface area contributed by atoms with Gasteiger partial charge in [0.25, 0.3) is 0 Å². The fraction of sp³-hybridized carbons (Fsp3) is 0.421. The second-order valence-corrected chi connectivity index (χ2v) is 6.63. The molecule has 2 heterocycles. The number of carbonyl (C=O) groups excluding carboxylic acids is 1. The molecular weight excluding hydrogens is 344 g/mol. The molecule has 0 aliphatic carbocycles. The quantitative estimate of drug-likeness (QED) is 0.846. The number of para-hydroxylation sites is 2. The van der Waals surface area contributed by atoms with E-state index in [1.54, 1.807) is 16.9 Å². The molecule has 2 aromatic rings. The highest BCUT2D eigenvalue weighted by Gasteiger charge is 2.24. The topological polar surface area (TPSA) is 95.2 Å². The van der Waals surface area contributed by atoms with Crippen LogP contribution >= 0.6 is 0 Å². The maximum Gasteiger partial charge on any atom is 0.324 e. The number of nitriles is 1. The van der Waals surface area contributed by atoms with Crippen LogP contribution in [0.3, 0.4) is 0 Å². The van der Waals surface area contributed by atoms with E-state index < -0.39 is 0 Å². The predicted octanol–water partition coefficient (Wildman–Crippen LogP) is 3.05. The number of aromatic nitrogens is 2. The molecule has 27 heavy (non-hydrogen) atoms. The highest BCUT2D eigenvalue weighted by molar-refractivity contribution is 6.01. The van der Waals surface area contributed by atoms with E-state index >= 15 is 0 Å². The van der Waals surface area contributed by atoms with Gasteiger partial charge >= 0.3 is 6.03 Å². The zero-order chi connectivity index (χ0) is 19.2. The van der Waals surface area contributed by atoms with Gasteiger partial charge in [-0.2, -0.15) is 10.4 Å². The van der Waals surface area contributed by atoms with Crippen molar-refractivity contribution in [1.29, 1.82) is 5.26 Å². The second-order valence-electron chi connectivity index (χ2n) is 6.63. The second kappa shape index (κ2) is 8.56. The number of benzene rings is 1. The third kappa shape index (κ3) is 4.99. The minimum absolute atomic E-state index is 0.132. The Morgan fingerprint density at radius 1 is 1.26 bits per heavy atom. The lowest BCUT2D eigenvalue weighted by molar-refractivity contribution is -0.00517. The molecule has 1 aliphatic heterocycles. The average Bonchev–Trinajstić information content (AvgIpc) is 3.06. The third-order valence-electron chi connectivity index (χ3n) is 4.25. The first-order valence-electron chi connectivity index (χ1n) is 9.03. The van der Waals surface area contributed by atoms with Gasteiger partial charge in [0.1, 0.15) is 0 Å². The third-order valence-corrected chi connectivity index (χ3v) is 4.25. The summed E-state index contributed by atoms with van der Waals surface area (Å²) in [6.07, 6.45) is 2.37. The van der Waals surface area contributed by atoms with Gasteiger partial charge in [-0.25, -0.2) is 4.79 Å². The first-order chi connectivity index (χ1) is 13.0. The van der Waals surface area contributed by atoms with Crippen LogP contribution in [0.4, 0.5) is 22.0 Å². The Hall–Kier alpha value is -3.05. The molecular formula is C19H24N6O2. The first kappa shape index (κ1) is 18.7.